The molecule has 0 atom stereocenters. The third-order valence-corrected chi connectivity index (χ3v) is 1.75. The maximum Gasteiger partial charge on any atom is 0.241 e. The lowest BCUT2D eigenvalue weighted by molar-refractivity contribution is -0.121. The van der Waals surface area contributed by atoms with Crippen molar-refractivity contribution in [3.63, 3.8) is 0 Å². The first-order valence-corrected chi connectivity index (χ1v) is 5.01. The lowest BCUT2D eigenvalue weighted by Gasteiger charge is -2.05. The van der Waals surface area contributed by atoms with Crippen LogP contribution < -0.4 is 10.6 Å². The van der Waals surface area contributed by atoms with E-state index in [4.69, 9.17) is 0 Å². The van der Waals surface area contributed by atoms with Crippen molar-refractivity contribution in [2.24, 2.45) is 0 Å². The van der Waals surface area contributed by atoms with E-state index in [2.05, 4.69) is 33.1 Å². The molecule has 0 fully saturated rings. The summed E-state index contributed by atoms with van der Waals surface area (Å²) in [5.41, 5.74) is 0. The van der Waals surface area contributed by atoms with Gasteiger partial charge in [-0.3, -0.25) is 4.79 Å². The van der Waals surface area contributed by atoms with Crippen LogP contribution in [0, 0.1) is 0 Å². The van der Waals surface area contributed by atoms with Crippen molar-refractivity contribution in [1.29, 1.82) is 0 Å². The van der Waals surface area contributed by atoms with Gasteiger partial charge in [-0.25, -0.2) is 4.68 Å². The van der Waals surface area contributed by atoms with Gasteiger partial charge in [0.2, 0.25) is 5.91 Å². The number of rotatable bonds is 7. The van der Waals surface area contributed by atoms with Crippen LogP contribution in [0.2, 0.25) is 0 Å². The molecule has 0 aromatic carbocycles. The summed E-state index contributed by atoms with van der Waals surface area (Å²) < 4.78 is 1.38. The van der Waals surface area contributed by atoms with Gasteiger partial charge in [0, 0.05) is 13.1 Å². The van der Waals surface area contributed by atoms with Crippen LogP contribution in [0.15, 0.2) is 6.33 Å². The number of aromatic nitrogens is 4. The summed E-state index contributed by atoms with van der Waals surface area (Å²) in [6.45, 7) is 4.66. The molecule has 1 aromatic rings. The highest BCUT2D eigenvalue weighted by atomic mass is 16.2. The highest BCUT2D eigenvalue weighted by Crippen LogP contribution is 1.77. The predicted molar refractivity (Wildman–Crippen MR) is 54.0 cm³/mol. The molecule has 0 spiro atoms. The lowest BCUT2D eigenvalue weighted by Crippen LogP contribution is -2.34. The minimum Gasteiger partial charge on any atom is -0.353 e. The second-order valence-electron chi connectivity index (χ2n) is 3.11. The van der Waals surface area contributed by atoms with Crippen molar-refractivity contribution in [2.75, 3.05) is 19.6 Å². The maximum atomic E-state index is 11.3. The number of amides is 1. The van der Waals surface area contributed by atoms with Crippen LogP contribution in [0.4, 0.5) is 0 Å². The van der Waals surface area contributed by atoms with Gasteiger partial charge in [-0.05, 0) is 23.4 Å². The van der Waals surface area contributed by atoms with Gasteiger partial charge < -0.3 is 10.6 Å². The van der Waals surface area contributed by atoms with Gasteiger partial charge in [0.05, 0.1) is 0 Å². The van der Waals surface area contributed by atoms with E-state index in [0.29, 0.717) is 6.54 Å². The van der Waals surface area contributed by atoms with Crippen LogP contribution in [0.5, 0.6) is 0 Å². The fourth-order valence-corrected chi connectivity index (χ4v) is 1.05. The van der Waals surface area contributed by atoms with Crippen LogP contribution in [0.3, 0.4) is 0 Å². The van der Waals surface area contributed by atoms with E-state index >= 15 is 0 Å². The molecule has 1 rings (SSSR count). The average molecular weight is 212 g/mol. The highest BCUT2D eigenvalue weighted by Gasteiger charge is 2.01. The number of carbonyl (C=O) groups excluding carboxylic acids is 1. The van der Waals surface area contributed by atoms with Gasteiger partial charge in [-0.2, -0.15) is 0 Å². The molecule has 0 saturated carbocycles. The Kier molecular flexibility index (Phi) is 5.31. The van der Waals surface area contributed by atoms with Crippen molar-refractivity contribution >= 4 is 5.91 Å². The first-order valence-electron chi connectivity index (χ1n) is 5.01. The van der Waals surface area contributed by atoms with Gasteiger partial charge in [-0.15, -0.1) is 5.10 Å². The molecule has 7 nitrogen and oxygen atoms in total. The van der Waals surface area contributed by atoms with Crippen LogP contribution in [0.1, 0.15) is 13.3 Å². The van der Waals surface area contributed by atoms with Gasteiger partial charge in [0.25, 0.3) is 0 Å². The van der Waals surface area contributed by atoms with E-state index in [9.17, 15) is 4.79 Å². The Labute approximate surface area is 88.2 Å². The van der Waals surface area contributed by atoms with Crippen LogP contribution in [-0.4, -0.2) is 45.7 Å². The molecule has 7 heteroatoms. The number of carbonyl (C=O) groups is 1. The molecular formula is C8H16N6O. The number of hydrogen-bond donors (Lipinski definition) is 2. The molecular weight excluding hydrogens is 196 g/mol. The lowest BCUT2D eigenvalue weighted by atomic mass is 10.4. The smallest absolute Gasteiger partial charge is 0.241 e. The SMILES string of the molecule is CCCNCCNC(=O)Cn1cnnn1. The van der Waals surface area contributed by atoms with Crippen LogP contribution in [-0.2, 0) is 11.3 Å². The number of nitrogens with zero attached hydrogens (tertiary/aromatic N) is 4. The minimum absolute atomic E-state index is 0.0828. The molecule has 0 bridgehead atoms. The molecule has 0 aliphatic heterocycles. The van der Waals surface area contributed by atoms with Gasteiger partial charge in [0.1, 0.15) is 12.9 Å². The van der Waals surface area contributed by atoms with E-state index in [1.54, 1.807) is 0 Å². The molecule has 0 aliphatic rings. The first kappa shape index (κ1) is 11.6. The fourth-order valence-electron chi connectivity index (χ4n) is 1.05. The van der Waals surface area contributed by atoms with Gasteiger partial charge in [0.15, 0.2) is 0 Å². The summed E-state index contributed by atoms with van der Waals surface area (Å²) in [5.74, 6) is -0.0828. The normalized spacial score (nSPS) is 10.2. The molecule has 1 aromatic heterocycles. The predicted octanol–water partition coefficient (Wildman–Crippen LogP) is -1.21. The summed E-state index contributed by atoms with van der Waals surface area (Å²) in [7, 11) is 0. The van der Waals surface area contributed by atoms with Crippen molar-refractivity contribution in [1.82, 2.24) is 30.8 Å². The number of hydrogen-bond acceptors (Lipinski definition) is 5. The van der Waals surface area contributed by atoms with Crippen LogP contribution >= 0.6 is 0 Å². The quantitative estimate of drug-likeness (QED) is 0.554. The van der Waals surface area contributed by atoms with E-state index in [0.717, 1.165) is 19.5 Å². The third kappa shape index (κ3) is 5.06. The molecule has 84 valence electrons. The van der Waals surface area contributed by atoms with Crippen molar-refractivity contribution in [2.45, 2.75) is 19.9 Å². The maximum absolute atomic E-state index is 11.3. The molecule has 0 radical (unpaired) electrons. The Morgan fingerprint density at radius 1 is 1.40 bits per heavy atom. The molecule has 2 N–H and O–H groups in total. The summed E-state index contributed by atoms with van der Waals surface area (Å²) in [4.78, 5) is 11.3. The average Bonchev–Trinajstić information content (AvgIpc) is 2.70. The number of nitrogens with one attached hydrogen (secondary N) is 2. The zero-order valence-corrected chi connectivity index (χ0v) is 8.81. The summed E-state index contributed by atoms with van der Waals surface area (Å²) in [5, 5.41) is 16.4. The van der Waals surface area contributed by atoms with Gasteiger partial charge >= 0.3 is 0 Å². The largest absolute Gasteiger partial charge is 0.353 e. The molecule has 0 unspecified atom stereocenters. The number of tetrazole rings is 1. The fraction of sp³-hybridized carbons (Fsp3) is 0.750. The van der Waals surface area contributed by atoms with Crippen molar-refractivity contribution < 1.29 is 4.79 Å². The molecule has 15 heavy (non-hydrogen) atoms. The zero-order valence-electron chi connectivity index (χ0n) is 8.81. The second-order valence-corrected chi connectivity index (χ2v) is 3.11. The molecule has 0 aliphatic carbocycles. The minimum atomic E-state index is -0.0828. The zero-order chi connectivity index (χ0) is 10.9. The first-order chi connectivity index (χ1) is 7.33. The summed E-state index contributed by atoms with van der Waals surface area (Å²) in [6, 6.07) is 0. The van der Waals surface area contributed by atoms with Crippen LogP contribution in [0.25, 0.3) is 0 Å². The van der Waals surface area contributed by atoms with E-state index in [1.165, 1.54) is 11.0 Å². The van der Waals surface area contributed by atoms with Crippen molar-refractivity contribution in [3.05, 3.63) is 6.33 Å². The summed E-state index contributed by atoms with van der Waals surface area (Å²) >= 11 is 0. The molecule has 0 saturated heterocycles. The highest BCUT2D eigenvalue weighted by molar-refractivity contribution is 5.75. The Morgan fingerprint density at radius 2 is 2.27 bits per heavy atom. The topological polar surface area (TPSA) is 84.7 Å². The summed E-state index contributed by atoms with van der Waals surface area (Å²) in [6.07, 6.45) is 2.51. The van der Waals surface area contributed by atoms with E-state index < -0.39 is 0 Å². The second kappa shape index (κ2) is 6.88. The molecule has 1 heterocycles. The van der Waals surface area contributed by atoms with E-state index in [-0.39, 0.29) is 12.5 Å². The Morgan fingerprint density at radius 3 is 2.93 bits per heavy atom. The van der Waals surface area contributed by atoms with Gasteiger partial charge in [-0.1, -0.05) is 6.92 Å². The molecule has 1 amide bonds. The van der Waals surface area contributed by atoms with E-state index in [1.807, 2.05) is 0 Å². The van der Waals surface area contributed by atoms with Crippen molar-refractivity contribution in [3.8, 4) is 0 Å². The Hall–Kier alpha value is -1.50. The monoisotopic (exact) mass is 212 g/mol. The Bertz CT molecular complexity index is 273. The third-order valence-electron chi connectivity index (χ3n) is 1.75. The standard InChI is InChI=1S/C8H16N6O/c1-2-3-9-4-5-10-8(15)6-14-7-11-12-13-14/h7,9H,2-6H2,1H3,(H,10,15). The Balaban J connectivity index is 2.04.